The number of nitrogens with zero attached hydrogens (tertiary/aromatic N) is 1. The van der Waals surface area contributed by atoms with Gasteiger partial charge in [0.05, 0.1) is 18.6 Å². The zero-order valence-corrected chi connectivity index (χ0v) is 11.4. The fourth-order valence-corrected chi connectivity index (χ4v) is 2.04. The van der Waals surface area contributed by atoms with Crippen LogP contribution in [0.5, 0.6) is 0 Å². The Morgan fingerprint density at radius 3 is 2.61 bits per heavy atom. The van der Waals surface area contributed by atoms with Crippen LogP contribution in [0, 0.1) is 6.92 Å². The van der Waals surface area contributed by atoms with E-state index in [1.807, 2.05) is 6.07 Å². The Morgan fingerprint density at radius 2 is 2.00 bits per heavy atom. The molecule has 0 fully saturated rings. The van der Waals surface area contributed by atoms with Crippen molar-refractivity contribution >= 4 is 11.4 Å². The third kappa shape index (κ3) is 2.67. The SMILES string of the molecule is Cc1ccc(NC(C)c2ccoc2)cc1N(C)C. The van der Waals surface area contributed by atoms with E-state index in [1.54, 1.807) is 12.5 Å². The summed E-state index contributed by atoms with van der Waals surface area (Å²) in [5, 5.41) is 3.48. The molecule has 0 bridgehead atoms. The summed E-state index contributed by atoms with van der Waals surface area (Å²) in [6.45, 7) is 4.25. The van der Waals surface area contributed by atoms with E-state index in [0.29, 0.717) is 0 Å². The molecular weight excluding hydrogens is 224 g/mol. The highest BCUT2D eigenvalue weighted by atomic mass is 16.3. The van der Waals surface area contributed by atoms with Crippen molar-refractivity contribution in [1.29, 1.82) is 0 Å². The van der Waals surface area contributed by atoms with Crippen molar-refractivity contribution in [2.75, 3.05) is 24.3 Å². The summed E-state index contributed by atoms with van der Waals surface area (Å²) in [6, 6.07) is 8.64. The van der Waals surface area contributed by atoms with Gasteiger partial charge in [-0.2, -0.15) is 0 Å². The van der Waals surface area contributed by atoms with Crippen LogP contribution in [-0.2, 0) is 0 Å². The van der Waals surface area contributed by atoms with Crippen LogP contribution in [0.3, 0.4) is 0 Å². The van der Waals surface area contributed by atoms with E-state index in [9.17, 15) is 0 Å². The fraction of sp³-hybridized carbons (Fsp3) is 0.333. The minimum Gasteiger partial charge on any atom is -0.472 e. The van der Waals surface area contributed by atoms with Gasteiger partial charge in [0.25, 0.3) is 0 Å². The van der Waals surface area contributed by atoms with Crippen LogP contribution in [0.15, 0.2) is 41.2 Å². The van der Waals surface area contributed by atoms with Crippen LogP contribution in [0.4, 0.5) is 11.4 Å². The molecule has 2 rings (SSSR count). The summed E-state index contributed by atoms with van der Waals surface area (Å²) in [5.74, 6) is 0. The maximum absolute atomic E-state index is 5.11. The minimum absolute atomic E-state index is 0.237. The molecule has 1 aromatic heterocycles. The molecule has 1 unspecified atom stereocenters. The first-order chi connectivity index (χ1) is 8.58. The van der Waals surface area contributed by atoms with Gasteiger partial charge in [0.2, 0.25) is 0 Å². The molecule has 0 radical (unpaired) electrons. The second-order valence-corrected chi connectivity index (χ2v) is 4.82. The lowest BCUT2D eigenvalue weighted by atomic mass is 10.1. The van der Waals surface area contributed by atoms with Gasteiger partial charge in [-0.05, 0) is 37.6 Å². The average Bonchev–Trinajstić information content (AvgIpc) is 2.85. The predicted octanol–water partition coefficient (Wildman–Crippen LogP) is 3.83. The summed E-state index contributed by atoms with van der Waals surface area (Å²) in [6.07, 6.45) is 3.48. The highest BCUT2D eigenvalue weighted by Gasteiger charge is 2.08. The number of hydrogen-bond donors (Lipinski definition) is 1. The average molecular weight is 244 g/mol. The van der Waals surface area contributed by atoms with E-state index in [-0.39, 0.29) is 6.04 Å². The van der Waals surface area contributed by atoms with Gasteiger partial charge in [-0.15, -0.1) is 0 Å². The summed E-state index contributed by atoms with van der Waals surface area (Å²) >= 11 is 0. The first kappa shape index (κ1) is 12.6. The molecule has 2 aromatic rings. The maximum Gasteiger partial charge on any atom is 0.0955 e. The van der Waals surface area contributed by atoms with Crippen LogP contribution in [-0.4, -0.2) is 14.1 Å². The van der Waals surface area contributed by atoms with Crippen LogP contribution in [0.25, 0.3) is 0 Å². The van der Waals surface area contributed by atoms with E-state index in [2.05, 4.69) is 56.4 Å². The molecule has 3 nitrogen and oxygen atoms in total. The van der Waals surface area contributed by atoms with Crippen LogP contribution >= 0.6 is 0 Å². The highest BCUT2D eigenvalue weighted by molar-refractivity contribution is 5.62. The number of benzene rings is 1. The molecule has 0 spiro atoms. The molecule has 0 saturated heterocycles. The normalized spacial score (nSPS) is 12.2. The molecule has 0 saturated carbocycles. The van der Waals surface area contributed by atoms with Crippen molar-refractivity contribution < 1.29 is 4.42 Å². The lowest BCUT2D eigenvalue weighted by Gasteiger charge is -2.19. The van der Waals surface area contributed by atoms with Crippen molar-refractivity contribution in [3.63, 3.8) is 0 Å². The summed E-state index contributed by atoms with van der Waals surface area (Å²) < 4.78 is 5.11. The van der Waals surface area contributed by atoms with Crippen LogP contribution in [0.2, 0.25) is 0 Å². The van der Waals surface area contributed by atoms with E-state index >= 15 is 0 Å². The van der Waals surface area contributed by atoms with Gasteiger partial charge < -0.3 is 14.6 Å². The molecule has 1 heterocycles. The lowest BCUT2D eigenvalue weighted by Crippen LogP contribution is -2.11. The second kappa shape index (κ2) is 5.17. The molecule has 1 aromatic carbocycles. The Balaban J connectivity index is 2.17. The third-order valence-electron chi connectivity index (χ3n) is 3.12. The van der Waals surface area contributed by atoms with Gasteiger partial charge in [0.1, 0.15) is 0 Å². The number of hydrogen-bond acceptors (Lipinski definition) is 3. The van der Waals surface area contributed by atoms with Gasteiger partial charge in [-0.3, -0.25) is 0 Å². The molecule has 18 heavy (non-hydrogen) atoms. The standard InChI is InChI=1S/C15H20N2O/c1-11-5-6-14(9-15(11)17(3)4)16-12(2)13-7-8-18-10-13/h5-10,12,16H,1-4H3. The van der Waals surface area contributed by atoms with Gasteiger partial charge >= 0.3 is 0 Å². The smallest absolute Gasteiger partial charge is 0.0955 e. The number of nitrogens with one attached hydrogen (secondary N) is 1. The summed E-state index contributed by atoms with van der Waals surface area (Å²) in [7, 11) is 4.12. The highest BCUT2D eigenvalue weighted by Crippen LogP contribution is 2.25. The first-order valence-electron chi connectivity index (χ1n) is 6.14. The number of anilines is 2. The molecule has 1 N–H and O–H groups in total. The fourth-order valence-electron chi connectivity index (χ4n) is 2.04. The zero-order valence-electron chi connectivity index (χ0n) is 11.4. The summed E-state index contributed by atoms with van der Waals surface area (Å²) in [5.41, 5.74) is 4.79. The quantitative estimate of drug-likeness (QED) is 0.886. The van der Waals surface area contributed by atoms with Gasteiger partial charge in [-0.25, -0.2) is 0 Å². The second-order valence-electron chi connectivity index (χ2n) is 4.82. The number of rotatable bonds is 4. The molecule has 0 aliphatic rings. The lowest BCUT2D eigenvalue weighted by molar-refractivity contribution is 0.562. The van der Waals surface area contributed by atoms with Crippen LogP contribution < -0.4 is 10.2 Å². The van der Waals surface area contributed by atoms with E-state index in [0.717, 1.165) is 11.3 Å². The van der Waals surface area contributed by atoms with Crippen molar-refractivity contribution in [3.8, 4) is 0 Å². The van der Waals surface area contributed by atoms with Gasteiger partial charge in [-0.1, -0.05) is 6.07 Å². The number of aryl methyl sites for hydroxylation is 1. The van der Waals surface area contributed by atoms with Crippen molar-refractivity contribution in [2.45, 2.75) is 19.9 Å². The minimum atomic E-state index is 0.237. The van der Waals surface area contributed by atoms with E-state index < -0.39 is 0 Å². The Hall–Kier alpha value is -1.90. The maximum atomic E-state index is 5.11. The zero-order chi connectivity index (χ0) is 13.1. The summed E-state index contributed by atoms with van der Waals surface area (Å²) in [4.78, 5) is 2.13. The van der Waals surface area contributed by atoms with Gasteiger partial charge in [0, 0.05) is 31.0 Å². The molecule has 0 amide bonds. The molecule has 0 aliphatic heterocycles. The van der Waals surface area contributed by atoms with Crippen molar-refractivity contribution in [1.82, 2.24) is 0 Å². The Morgan fingerprint density at radius 1 is 1.22 bits per heavy atom. The van der Waals surface area contributed by atoms with Gasteiger partial charge in [0.15, 0.2) is 0 Å². The molecule has 96 valence electrons. The largest absolute Gasteiger partial charge is 0.472 e. The molecule has 0 aliphatic carbocycles. The van der Waals surface area contributed by atoms with E-state index in [1.165, 1.54) is 11.3 Å². The van der Waals surface area contributed by atoms with E-state index in [4.69, 9.17) is 4.42 Å². The predicted molar refractivity (Wildman–Crippen MR) is 76.3 cm³/mol. The Bertz CT molecular complexity index is 503. The topological polar surface area (TPSA) is 28.4 Å². The molecule has 1 atom stereocenters. The molecule has 3 heteroatoms. The Labute approximate surface area is 108 Å². The third-order valence-corrected chi connectivity index (χ3v) is 3.12. The van der Waals surface area contributed by atoms with Crippen molar-refractivity contribution in [3.05, 3.63) is 47.9 Å². The number of furan rings is 1. The van der Waals surface area contributed by atoms with Crippen molar-refractivity contribution in [2.24, 2.45) is 0 Å². The van der Waals surface area contributed by atoms with Crippen LogP contribution in [0.1, 0.15) is 24.1 Å². The first-order valence-corrected chi connectivity index (χ1v) is 6.14. The monoisotopic (exact) mass is 244 g/mol. The molecular formula is C15H20N2O. The Kier molecular flexibility index (Phi) is 3.60.